The molecule has 160 valence electrons. The topological polar surface area (TPSA) is 55.8 Å². The Morgan fingerprint density at radius 2 is 1.47 bits per heavy atom. The molecule has 0 aliphatic heterocycles. The number of hydrogen-bond donors (Lipinski definition) is 0. The van der Waals surface area contributed by atoms with Crippen LogP contribution in [0.25, 0.3) is 0 Å². The summed E-state index contributed by atoms with van der Waals surface area (Å²) in [6, 6.07) is 21.1. The van der Waals surface area contributed by atoms with Crippen molar-refractivity contribution in [2.75, 3.05) is 13.6 Å². The zero-order valence-corrected chi connectivity index (χ0v) is 17.8. The summed E-state index contributed by atoms with van der Waals surface area (Å²) in [5, 5.41) is 0. The number of fused-ring (bicyclic) bond motifs is 1. The second kappa shape index (κ2) is 9.51. The van der Waals surface area contributed by atoms with E-state index in [1.165, 1.54) is 0 Å². The van der Waals surface area contributed by atoms with Crippen LogP contribution in [0.2, 0.25) is 0 Å². The number of terminal acetylenes is 1. The normalized spacial score (nSPS) is 14.5. The van der Waals surface area contributed by atoms with Gasteiger partial charge in [-0.15, -0.1) is 6.42 Å². The van der Waals surface area contributed by atoms with Gasteiger partial charge in [-0.3, -0.25) is 4.90 Å². The quantitative estimate of drug-likeness (QED) is 0.326. The predicted molar refractivity (Wildman–Crippen MR) is 122 cm³/mol. The molecule has 32 heavy (non-hydrogen) atoms. The third-order valence-corrected chi connectivity index (χ3v) is 5.55. The van der Waals surface area contributed by atoms with Crippen LogP contribution in [-0.4, -0.2) is 30.4 Å². The summed E-state index contributed by atoms with van der Waals surface area (Å²) in [5.41, 5.74) is 2.36. The molecule has 1 unspecified atom stereocenters. The summed E-state index contributed by atoms with van der Waals surface area (Å²) in [6.07, 6.45) is 7.14. The van der Waals surface area contributed by atoms with Crippen molar-refractivity contribution in [3.63, 3.8) is 0 Å². The van der Waals surface area contributed by atoms with E-state index in [9.17, 15) is 9.59 Å². The van der Waals surface area contributed by atoms with E-state index in [4.69, 9.17) is 15.9 Å². The molecule has 0 N–H and O–H groups in total. The second-order valence-corrected chi connectivity index (χ2v) is 7.68. The van der Waals surface area contributed by atoms with Crippen molar-refractivity contribution >= 4 is 11.9 Å². The lowest BCUT2D eigenvalue weighted by Gasteiger charge is -2.23. The van der Waals surface area contributed by atoms with Crippen LogP contribution in [-0.2, 0) is 6.42 Å². The Labute approximate surface area is 187 Å². The average molecular weight is 425 g/mol. The van der Waals surface area contributed by atoms with E-state index in [0.29, 0.717) is 18.0 Å². The lowest BCUT2D eigenvalue weighted by atomic mass is 9.98. The fraction of sp³-hybridized carbons (Fsp3) is 0.185. The highest BCUT2D eigenvalue weighted by molar-refractivity contribution is 6.05. The Bertz CT molecular complexity index is 1170. The number of benzene rings is 3. The molecule has 3 aromatic carbocycles. The summed E-state index contributed by atoms with van der Waals surface area (Å²) in [4.78, 5) is 28.2. The Balaban J connectivity index is 1.72. The van der Waals surface area contributed by atoms with E-state index in [0.717, 1.165) is 24.0 Å². The highest BCUT2D eigenvalue weighted by Gasteiger charge is 2.31. The molecule has 0 spiro atoms. The number of ether oxygens (including phenoxy) is 2. The summed E-state index contributed by atoms with van der Waals surface area (Å²) < 4.78 is 11.1. The first-order valence-electron chi connectivity index (χ1n) is 10.4. The van der Waals surface area contributed by atoms with E-state index in [1.54, 1.807) is 60.7 Å². The SMILES string of the molecule is C#CCN(C)C1CCc2cc(C(=O)Oc3ccccc3)c(C(=O)Oc3ccccc3)cc21. The molecule has 0 radical (unpaired) electrons. The van der Waals surface area contributed by atoms with Crippen molar-refractivity contribution in [2.45, 2.75) is 18.9 Å². The first-order chi connectivity index (χ1) is 15.6. The standard InChI is InChI=1S/C27H23NO4/c1-3-16-28(2)25-15-14-19-17-23(26(29)31-20-10-6-4-7-11-20)24(18-22(19)25)27(30)32-21-12-8-5-9-13-21/h1,4-13,17-18,25H,14-16H2,2H3. The molecular formula is C27H23NO4. The number of nitrogens with zero attached hydrogens (tertiary/aromatic N) is 1. The van der Waals surface area contributed by atoms with Crippen molar-refractivity contribution < 1.29 is 19.1 Å². The van der Waals surface area contributed by atoms with Gasteiger partial charge in [-0.25, -0.2) is 9.59 Å². The molecule has 4 rings (SSSR count). The molecule has 0 saturated heterocycles. The summed E-state index contributed by atoms with van der Waals surface area (Å²) in [5.74, 6) is 2.27. The minimum absolute atomic E-state index is 0.0727. The van der Waals surface area contributed by atoms with Crippen LogP contribution in [0, 0.1) is 12.3 Å². The monoisotopic (exact) mass is 425 g/mol. The van der Waals surface area contributed by atoms with Gasteiger partial charge in [0.1, 0.15) is 11.5 Å². The molecule has 1 aliphatic rings. The maximum absolute atomic E-state index is 13.1. The summed E-state index contributed by atoms with van der Waals surface area (Å²) in [6.45, 7) is 0.492. The van der Waals surface area contributed by atoms with Crippen molar-refractivity contribution in [3.05, 3.63) is 95.1 Å². The zero-order valence-electron chi connectivity index (χ0n) is 17.8. The van der Waals surface area contributed by atoms with Gasteiger partial charge in [0, 0.05) is 6.04 Å². The molecule has 1 atom stereocenters. The number of carbonyl (C=O) groups excluding carboxylic acids is 2. The lowest BCUT2D eigenvalue weighted by molar-refractivity contribution is 0.0691. The molecule has 0 bridgehead atoms. The molecule has 0 saturated carbocycles. The molecule has 0 aromatic heterocycles. The fourth-order valence-electron chi connectivity index (χ4n) is 3.99. The second-order valence-electron chi connectivity index (χ2n) is 7.68. The predicted octanol–water partition coefficient (Wildman–Crippen LogP) is 4.68. The van der Waals surface area contributed by atoms with Crippen LogP contribution in [0.15, 0.2) is 72.8 Å². The lowest BCUT2D eigenvalue weighted by Crippen LogP contribution is -2.24. The van der Waals surface area contributed by atoms with Gasteiger partial charge in [0.25, 0.3) is 0 Å². The Kier molecular flexibility index (Phi) is 6.34. The average Bonchev–Trinajstić information content (AvgIpc) is 3.23. The van der Waals surface area contributed by atoms with Gasteiger partial charge in [-0.05, 0) is 67.4 Å². The Hall–Kier alpha value is -3.88. The minimum atomic E-state index is -0.607. The van der Waals surface area contributed by atoms with E-state index in [1.807, 2.05) is 19.2 Å². The van der Waals surface area contributed by atoms with Gasteiger partial charge < -0.3 is 9.47 Å². The minimum Gasteiger partial charge on any atom is -0.423 e. The molecule has 0 heterocycles. The molecule has 5 heteroatoms. The molecular weight excluding hydrogens is 402 g/mol. The van der Waals surface area contributed by atoms with Crippen LogP contribution in [0.5, 0.6) is 11.5 Å². The van der Waals surface area contributed by atoms with Gasteiger partial charge in [-0.1, -0.05) is 42.3 Å². The van der Waals surface area contributed by atoms with Gasteiger partial charge in [0.2, 0.25) is 0 Å². The van der Waals surface area contributed by atoms with Gasteiger partial charge in [0.05, 0.1) is 17.7 Å². The third-order valence-electron chi connectivity index (χ3n) is 5.55. The van der Waals surface area contributed by atoms with Crippen LogP contribution >= 0.6 is 0 Å². The molecule has 0 amide bonds. The summed E-state index contributed by atoms with van der Waals surface area (Å²) in [7, 11) is 1.96. The highest BCUT2D eigenvalue weighted by Crippen LogP contribution is 2.37. The largest absolute Gasteiger partial charge is 0.423 e. The molecule has 1 aliphatic carbocycles. The first-order valence-corrected chi connectivity index (χ1v) is 10.4. The van der Waals surface area contributed by atoms with Crippen LogP contribution in [0.3, 0.4) is 0 Å². The van der Waals surface area contributed by atoms with Crippen LogP contribution < -0.4 is 9.47 Å². The van der Waals surface area contributed by atoms with Crippen molar-refractivity contribution in [3.8, 4) is 23.8 Å². The highest BCUT2D eigenvalue weighted by atomic mass is 16.5. The van der Waals surface area contributed by atoms with Crippen LogP contribution in [0.4, 0.5) is 0 Å². The zero-order chi connectivity index (χ0) is 22.5. The number of hydrogen-bond acceptors (Lipinski definition) is 5. The fourth-order valence-corrected chi connectivity index (χ4v) is 3.99. The maximum atomic E-state index is 13.1. The molecule has 0 fully saturated rings. The van der Waals surface area contributed by atoms with Gasteiger partial charge in [0.15, 0.2) is 0 Å². The maximum Gasteiger partial charge on any atom is 0.344 e. The van der Waals surface area contributed by atoms with Crippen molar-refractivity contribution in [1.82, 2.24) is 4.90 Å². The first kappa shape index (κ1) is 21.4. The Morgan fingerprint density at radius 3 is 2.00 bits per heavy atom. The number of para-hydroxylation sites is 2. The number of rotatable bonds is 6. The van der Waals surface area contributed by atoms with Crippen LogP contribution in [0.1, 0.15) is 44.3 Å². The third kappa shape index (κ3) is 4.56. The van der Waals surface area contributed by atoms with Crippen molar-refractivity contribution in [2.24, 2.45) is 0 Å². The van der Waals surface area contributed by atoms with E-state index < -0.39 is 11.9 Å². The van der Waals surface area contributed by atoms with Gasteiger partial charge >= 0.3 is 11.9 Å². The van der Waals surface area contributed by atoms with Crippen molar-refractivity contribution in [1.29, 1.82) is 0 Å². The number of aryl methyl sites for hydroxylation is 1. The van der Waals surface area contributed by atoms with E-state index >= 15 is 0 Å². The number of esters is 2. The molecule has 3 aromatic rings. The number of carbonyl (C=O) groups is 2. The van der Waals surface area contributed by atoms with Gasteiger partial charge in [-0.2, -0.15) is 0 Å². The smallest absolute Gasteiger partial charge is 0.344 e. The van der Waals surface area contributed by atoms with E-state index in [-0.39, 0.29) is 17.2 Å². The summed E-state index contributed by atoms with van der Waals surface area (Å²) >= 11 is 0. The Morgan fingerprint density at radius 1 is 0.938 bits per heavy atom. The van der Waals surface area contributed by atoms with E-state index in [2.05, 4.69) is 10.8 Å². The molecule has 5 nitrogen and oxygen atoms in total.